The van der Waals surface area contributed by atoms with Crippen molar-refractivity contribution in [1.29, 1.82) is 0 Å². The van der Waals surface area contributed by atoms with E-state index in [1.165, 1.54) is 0 Å². The molecule has 3 aromatic rings. The fourth-order valence-corrected chi connectivity index (χ4v) is 4.46. The van der Waals surface area contributed by atoms with Crippen LogP contribution in [-0.4, -0.2) is 25.8 Å². The SMILES string of the molecule is CN(C)c1ccc(C2SCC(=O)N2c2cccc3ccccc23)cc1. The summed E-state index contributed by atoms with van der Waals surface area (Å²) in [6.45, 7) is 0. The second-order valence-corrected chi connectivity index (χ2v) is 7.48. The molecule has 3 aromatic carbocycles. The van der Waals surface area contributed by atoms with Crippen molar-refractivity contribution in [2.45, 2.75) is 5.37 Å². The Balaban J connectivity index is 1.77. The minimum Gasteiger partial charge on any atom is -0.378 e. The highest BCUT2D eigenvalue weighted by Crippen LogP contribution is 2.44. The highest BCUT2D eigenvalue weighted by atomic mass is 32.2. The number of anilines is 2. The lowest BCUT2D eigenvalue weighted by atomic mass is 10.1. The fourth-order valence-electron chi connectivity index (χ4n) is 3.29. The highest BCUT2D eigenvalue weighted by Gasteiger charge is 2.34. The number of hydrogen-bond acceptors (Lipinski definition) is 3. The number of amides is 1. The van der Waals surface area contributed by atoms with Gasteiger partial charge in [0.25, 0.3) is 0 Å². The Morgan fingerprint density at radius 1 is 0.960 bits per heavy atom. The van der Waals surface area contributed by atoms with E-state index >= 15 is 0 Å². The van der Waals surface area contributed by atoms with Gasteiger partial charge in [-0.1, -0.05) is 48.5 Å². The van der Waals surface area contributed by atoms with Crippen LogP contribution in [0.15, 0.2) is 66.7 Å². The van der Waals surface area contributed by atoms with E-state index in [0.717, 1.165) is 27.7 Å². The lowest BCUT2D eigenvalue weighted by Crippen LogP contribution is -2.28. The molecule has 1 unspecified atom stereocenters. The summed E-state index contributed by atoms with van der Waals surface area (Å²) in [5, 5.41) is 2.30. The number of rotatable bonds is 3. The Morgan fingerprint density at radius 3 is 2.44 bits per heavy atom. The molecule has 0 N–H and O–H groups in total. The molecule has 1 fully saturated rings. The molecule has 0 aliphatic carbocycles. The first-order valence-corrected chi connectivity index (χ1v) is 9.39. The third-order valence-corrected chi connectivity index (χ3v) is 5.80. The van der Waals surface area contributed by atoms with Crippen molar-refractivity contribution < 1.29 is 4.79 Å². The zero-order valence-corrected chi connectivity index (χ0v) is 15.2. The van der Waals surface area contributed by atoms with Crippen LogP contribution in [0.2, 0.25) is 0 Å². The second-order valence-electron chi connectivity index (χ2n) is 6.41. The zero-order valence-electron chi connectivity index (χ0n) is 14.3. The molecular formula is C21H20N2OS. The molecule has 1 aliphatic rings. The summed E-state index contributed by atoms with van der Waals surface area (Å²) in [6.07, 6.45) is 0. The Hall–Kier alpha value is -2.46. The number of benzene rings is 3. The number of fused-ring (bicyclic) bond motifs is 1. The molecule has 1 aliphatic heterocycles. The quantitative estimate of drug-likeness (QED) is 0.686. The Bertz CT molecular complexity index is 915. The molecule has 1 amide bonds. The summed E-state index contributed by atoms with van der Waals surface area (Å²) in [4.78, 5) is 16.7. The minimum absolute atomic E-state index is 0.0227. The Kier molecular flexibility index (Phi) is 4.14. The van der Waals surface area contributed by atoms with E-state index in [1.54, 1.807) is 11.8 Å². The maximum Gasteiger partial charge on any atom is 0.238 e. The first kappa shape index (κ1) is 16.0. The molecule has 0 spiro atoms. The van der Waals surface area contributed by atoms with Gasteiger partial charge in [-0.15, -0.1) is 11.8 Å². The van der Waals surface area contributed by atoms with Crippen molar-refractivity contribution in [1.82, 2.24) is 0 Å². The molecule has 25 heavy (non-hydrogen) atoms. The van der Waals surface area contributed by atoms with Gasteiger partial charge in [0.1, 0.15) is 5.37 Å². The second kappa shape index (κ2) is 6.45. The van der Waals surface area contributed by atoms with E-state index in [4.69, 9.17) is 0 Å². The van der Waals surface area contributed by atoms with E-state index in [9.17, 15) is 4.79 Å². The Morgan fingerprint density at radius 2 is 1.68 bits per heavy atom. The molecule has 0 bridgehead atoms. The summed E-state index contributed by atoms with van der Waals surface area (Å²) in [6, 6.07) is 22.9. The maximum absolute atomic E-state index is 12.7. The van der Waals surface area contributed by atoms with Crippen molar-refractivity contribution in [2.75, 3.05) is 29.6 Å². The van der Waals surface area contributed by atoms with Crippen molar-refractivity contribution in [3.63, 3.8) is 0 Å². The van der Waals surface area contributed by atoms with Crippen LogP contribution in [0.3, 0.4) is 0 Å². The van der Waals surface area contributed by atoms with Crippen molar-refractivity contribution in [3.05, 3.63) is 72.3 Å². The van der Waals surface area contributed by atoms with E-state index < -0.39 is 0 Å². The largest absolute Gasteiger partial charge is 0.378 e. The third kappa shape index (κ3) is 2.87. The van der Waals surface area contributed by atoms with Gasteiger partial charge in [-0.2, -0.15) is 0 Å². The number of hydrogen-bond donors (Lipinski definition) is 0. The summed E-state index contributed by atoms with van der Waals surface area (Å²) in [5.41, 5.74) is 3.32. The molecule has 3 nitrogen and oxygen atoms in total. The number of thioether (sulfide) groups is 1. The van der Waals surface area contributed by atoms with E-state index in [1.807, 2.05) is 43.3 Å². The average molecular weight is 348 g/mol. The van der Waals surface area contributed by atoms with Crippen LogP contribution in [0, 0.1) is 0 Å². The number of nitrogens with zero attached hydrogens (tertiary/aromatic N) is 2. The molecule has 0 radical (unpaired) electrons. The third-order valence-electron chi connectivity index (χ3n) is 4.59. The predicted octanol–water partition coefficient (Wildman–Crippen LogP) is 4.68. The highest BCUT2D eigenvalue weighted by molar-refractivity contribution is 8.00. The normalized spacial score (nSPS) is 17.3. The lowest BCUT2D eigenvalue weighted by Gasteiger charge is -2.26. The summed E-state index contributed by atoms with van der Waals surface area (Å²) < 4.78 is 0. The number of carbonyl (C=O) groups is 1. The standard InChI is InChI=1S/C21H20N2OS/c1-22(2)17-12-10-16(11-13-17)21-23(20(24)14-25-21)19-9-5-7-15-6-3-4-8-18(15)19/h3-13,21H,14H2,1-2H3. The van der Waals surface area contributed by atoms with Crippen LogP contribution < -0.4 is 9.80 Å². The Labute approximate surface area is 152 Å². The van der Waals surface area contributed by atoms with Gasteiger partial charge in [-0.3, -0.25) is 9.69 Å². The molecule has 4 rings (SSSR count). The molecule has 1 heterocycles. The van der Waals surface area contributed by atoms with Crippen LogP contribution in [-0.2, 0) is 4.79 Å². The molecule has 4 heteroatoms. The zero-order chi connectivity index (χ0) is 17.4. The maximum atomic E-state index is 12.7. The number of carbonyl (C=O) groups excluding carboxylic acids is 1. The average Bonchev–Trinajstić information content (AvgIpc) is 3.02. The molecule has 1 saturated heterocycles. The van der Waals surface area contributed by atoms with Crippen molar-refractivity contribution in [3.8, 4) is 0 Å². The van der Waals surface area contributed by atoms with Crippen LogP contribution in [0.4, 0.5) is 11.4 Å². The predicted molar refractivity (Wildman–Crippen MR) is 107 cm³/mol. The fraction of sp³-hybridized carbons (Fsp3) is 0.190. The van der Waals surface area contributed by atoms with E-state index in [2.05, 4.69) is 47.4 Å². The van der Waals surface area contributed by atoms with Gasteiger partial charge in [0.15, 0.2) is 0 Å². The van der Waals surface area contributed by atoms with Gasteiger partial charge < -0.3 is 4.90 Å². The summed E-state index contributed by atoms with van der Waals surface area (Å²) >= 11 is 1.69. The first-order valence-electron chi connectivity index (χ1n) is 8.34. The summed E-state index contributed by atoms with van der Waals surface area (Å²) in [5.74, 6) is 0.687. The van der Waals surface area contributed by atoms with E-state index in [0.29, 0.717) is 5.75 Å². The molecule has 126 valence electrons. The minimum atomic E-state index is 0.0227. The monoisotopic (exact) mass is 348 g/mol. The van der Waals surface area contributed by atoms with Gasteiger partial charge >= 0.3 is 0 Å². The smallest absolute Gasteiger partial charge is 0.238 e. The van der Waals surface area contributed by atoms with Gasteiger partial charge in [-0.25, -0.2) is 0 Å². The molecule has 0 saturated carbocycles. The van der Waals surface area contributed by atoms with Gasteiger partial charge in [-0.05, 0) is 29.1 Å². The van der Waals surface area contributed by atoms with Crippen LogP contribution in [0.5, 0.6) is 0 Å². The van der Waals surface area contributed by atoms with Gasteiger partial charge in [0, 0.05) is 25.2 Å². The lowest BCUT2D eigenvalue weighted by molar-refractivity contribution is -0.115. The van der Waals surface area contributed by atoms with Crippen LogP contribution in [0.25, 0.3) is 10.8 Å². The molecular weight excluding hydrogens is 328 g/mol. The molecule has 0 aromatic heterocycles. The van der Waals surface area contributed by atoms with Crippen molar-refractivity contribution in [2.24, 2.45) is 0 Å². The topological polar surface area (TPSA) is 23.6 Å². The van der Waals surface area contributed by atoms with E-state index in [-0.39, 0.29) is 11.3 Å². The molecule has 1 atom stereocenters. The first-order chi connectivity index (χ1) is 12.1. The van der Waals surface area contributed by atoms with Crippen LogP contribution in [0.1, 0.15) is 10.9 Å². The van der Waals surface area contributed by atoms with Gasteiger partial charge in [0.2, 0.25) is 5.91 Å². The van der Waals surface area contributed by atoms with Crippen LogP contribution >= 0.6 is 11.8 Å². The summed E-state index contributed by atoms with van der Waals surface area (Å²) in [7, 11) is 4.07. The van der Waals surface area contributed by atoms with Crippen molar-refractivity contribution >= 4 is 39.8 Å². The van der Waals surface area contributed by atoms with Gasteiger partial charge in [0.05, 0.1) is 11.4 Å².